The Labute approximate surface area is 261 Å². The Morgan fingerprint density at radius 1 is 1.00 bits per heavy atom. The molecule has 0 radical (unpaired) electrons. The summed E-state index contributed by atoms with van der Waals surface area (Å²) >= 11 is 13.0. The monoisotopic (exact) mass is 626 g/mol. The van der Waals surface area contributed by atoms with Gasteiger partial charge < -0.3 is 14.3 Å². The average molecular weight is 627 g/mol. The summed E-state index contributed by atoms with van der Waals surface area (Å²) in [5.41, 5.74) is 4.58. The highest BCUT2D eigenvalue weighted by Crippen LogP contribution is 2.32. The molecule has 0 fully saturated rings. The first-order valence-electron chi connectivity index (χ1n) is 13.4. The SMILES string of the molecule is COC(=O)Nc1ccc(-c2nc(C(Cc3ccccc3)n3ccc(-c4cc(Cl)ccc4-n4cnnn4)cc3=O)[nH]c2Cl)cc1. The highest BCUT2D eigenvalue weighted by molar-refractivity contribution is 6.32. The quantitative estimate of drug-likeness (QED) is 0.205. The van der Waals surface area contributed by atoms with Crippen LogP contribution in [0.1, 0.15) is 17.4 Å². The van der Waals surface area contributed by atoms with Gasteiger partial charge in [-0.25, -0.2) is 9.78 Å². The molecule has 0 bridgehead atoms. The highest BCUT2D eigenvalue weighted by Gasteiger charge is 2.23. The minimum absolute atomic E-state index is 0.251. The number of pyridine rings is 1. The van der Waals surface area contributed by atoms with Crippen LogP contribution < -0.4 is 10.9 Å². The summed E-state index contributed by atoms with van der Waals surface area (Å²) in [5.74, 6) is 0.512. The molecule has 0 saturated carbocycles. The number of carbonyl (C=O) groups is 1. The van der Waals surface area contributed by atoms with Gasteiger partial charge in [-0.05, 0) is 58.0 Å². The zero-order valence-electron chi connectivity index (χ0n) is 23.2. The van der Waals surface area contributed by atoms with E-state index in [1.807, 2.05) is 36.4 Å². The van der Waals surface area contributed by atoms with Gasteiger partial charge in [0.05, 0.1) is 18.8 Å². The summed E-state index contributed by atoms with van der Waals surface area (Å²) in [5, 5.41) is 14.9. The smallest absolute Gasteiger partial charge is 0.411 e. The van der Waals surface area contributed by atoms with Crippen LogP contribution in [-0.2, 0) is 11.2 Å². The number of ether oxygens (including phenoxy) is 1. The molecule has 6 aromatic rings. The molecule has 1 atom stereocenters. The third kappa shape index (κ3) is 6.10. The number of hydrogen-bond donors (Lipinski definition) is 2. The number of tetrazole rings is 1. The summed E-state index contributed by atoms with van der Waals surface area (Å²) in [6.45, 7) is 0. The first-order chi connectivity index (χ1) is 21.4. The number of hydrogen-bond acceptors (Lipinski definition) is 7. The van der Waals surface area contributed by atoms with Gasteiger partial charge in [0.2, 0.25) is 0 Å². The van der Waals surface area contributed by atoms with Crippen molar-refractivity contribution in [2.75, 3.05) is 12.4 Å². The largest absolute Gasteiger partial charge is 0.453 e. The van der Waals surface area contributed by atoms with Gasteiger partial charge in [0.25, 0.3) is 5.56 Å². The van der Waals surface area contributed by atoms with Crippen LogP contribution >= 0.6 is 23.2 Å². The van der Waals surface area contributed by atoms with Gasteiger partial charge in [0.1, 0.15) is 23.0 Å². The molecule has 0 spiro atoms. The van der Waals surface area contributed by atoms with Gasteiger partial charge in [0, 0.05) is 40.5 Å². The van der Waals surface area contributed by atoms with E-state index in [1.165, 1.54) is 18.1 Å². The Balaban J connectivity index is 1.39. The third-order valence-electron chi connectivity index (χ3n) is 7.00. The van der Waals surface area contributed by atoms with Gasteiger partial charge in [-0.15, -0.1) is 5.10 Å². The molecule has 1 unspecified atom stereocenters. The van der Waals surface area contributed by atoms with Crippen molar-refractivity contribution in [1.82, 2.24) is 34.7 Å². The van der Waals surface area contributed by atoms with Crippen molar-refractivity contribution in [2.45, 2.75) is 12.5 Å². The number of benzene rings is 3. The number of imidazole rings is 1. The van der Waals surface area contributed by atoms with Gasteiger partial charge in [-0.2, -0.15) is 4.68 Å². The van der Waals surface area contributed by atoms with Crippen LogP contribution in [0.15, 0.2) is 102 Å². The molecule has 0 saturated heterocycles. The fourth-order valence-corrected chi connectivity index (χ4v) is 5.31. The maximum atomic E-state index is 13.8. The molecule has 44 heavy (non-hydrogen) atoms. The molecule has 0 aliphatic carbocycles. The number of nitrogens with one attached hydrogen (secondary N) is 2. The van der Waals surface area contributed by atoms with E-state index in [4.69, 9.17) is 28.2 Å². The van der Waals surface area contributed by atoms with Gasteiger partial charge in [0.15, 0.2) is 0 Å². The first-order valence-corrected chi connectivity index (χ1v) is 14.2. The van der Waals surface area contributed by atoms with Crippen LogP contribution in [0.2, 0.25) is 10.2 Å². The third-order valence-corrected chi connectivity index (χ3v) is 7.51. The zero-order valence-corrected chi connectivity index (χ0v) is 24.7. The van der Waals surface area contributed by atoms with E-state index in [1.54, 1.807) is 59.3 Å². The number of nitrogens with zero attached hydrogens (tertiary/aromatic N) is 6. The number of amides is 1. The number of carbonyl (C=O) groups excluding carboxylic acids is 1. The van der Waals surface area contributed by atoms with Crippen molar-refractivity contribution in [3.63, 3.8) is 0 Å². The normalized spacial score (nSPS) is 11.7. The zero-order chi connectivity index (χ0) is 30.6. The van der Waals surface area contributed by atoms with E-state index < -0.39 is 12.1 Å². The van der Waals surface area contributed by atoms with E-state index in [-0.39, 0.29) is 5.56 Å². The minimum atomic E-state index is -0.569. The van der Waals surface area contributed by atoms with E-state index in [0.717, 1.165) is 11.1 Å². The van der Waals surface area contributed by atoms with Crippen LogP contribution in [0.25, 0.3) is 28.1 Å². The molecule has 6 rings (SSSR count). The van der Waals surface area contributed by atoms with E-state index in [9.17, 15) is 9.59 Å². The molecular weight excluding hydrogens is 603 g/mol. The molecule has 3 aromatic heterocycles. The molecule has 13 heteroatoms. The van der Waals surface area contributed by atoms with Gasteiger partial charge in [-0.3, -0.25) is 10.1 Å². The van der Waals surface area contributed by atoms with Crippen molar-refractivity contribution in [3.05, 3.63) is 129 Å². The molecule has 3 heterocycles. The second-order valence-electron chi connectivity index (χ2n) is 9.76. The number of anilines is 1. The standard InChI is InChI=1S/C31H24Cl2N8O3/c1-44-31(43)35-23-10-7-20(8-11-23)28-29(33)37-30(36-28)26(15-19-5-3-2-4-6-19)40-14-13-21(16-27(40)42)24-17-22(32)9-12-25(24)41-18-34-38-39-41/h2-14,16-18,26H,15H2,1H3,(H,35,43)(H,36,37). The number of aromatic amines is 1. The molecule has 11 nitrogen and oxygen atoms in total. The van der Waals surface area contributed by atoms with Crippen LogP contribution in [-0.4, -0.2) is 47.9 Å². The van der Waals surface area contributed by atoms with Crippen molar-refractivity contribution in [3.8, 4) is 28.1 Å². The lowest BCUT2D eigenvalue weighted by atomic mass is 10.0. The number of H-pyrrole nitrogens is 1. The van der Waals surface area contributed by atoms with Crippen molar-refractivity contribution >= 4 is 35.0 Å². The maximum Gasteiger partial charge on any atom is 0.411 e. The van der Waals surface area contributed by atoms with Crippen molar-refractivity contribution in [1.29, 1.82) is 0 Å². The second-order valence-corrected chi connectivity index (χ2v) is 10.6. The number of methoxy groups -OCH3 is 1. The molecule has 1 amide bonds. The van der Waals surface area contributed by atoms with Crippen LogP contribution in [0.3, 0.4) is 0 Å². The highest BCUT2D eigenvalue weighted by atomic mass is 35.5. The fourth-order valence-electron chi connectivity index (χ4n) is 4.89. The van der Waals surface area contributed by atoms with E-state index >= 15 is 0 Å². The molecule has 3 aromatic carbocycles. The molecule has 220 valence electrons. The summed E-state index contributed by atoms with van der Waals surface area (Å²) in [4.78, 5) is 33.4. The minimum Gasteiger partial charge on any atom is -0.453 e. The predicted molar refractivity (Wildman–Crippen MR) is 167 cm³/mol. The Morgan fingerprint density at radius 3 is 2.50 bits per heavy atom. The predicted octanol–water partition coefficient (Wildman–Crippen LogP) is 6.20. The van der Waals surface area contributed by atoms with Gasteiger partial charge in [-0.1, -0.05) is 65.7 Å². The Morgan fingerprint density at radius 2 is 1.80 bits per heavy atom. The van der Waals surface area contributed by atoms with E-state index in [0.29, 0.717) is 50.6 Å². The summed E-state index contributed by atoms with van der Waals surface area (Å²) in [7, 11) is 1.30. The first kappa shape index (κ1) is 28.8. The summed E-state index contributed by atoms with van der Waals surface area (Å²) in [6.07, 6.45) is 3.11. The number of aromatic nitrogens is 7. The Hall–Kier alpha value is -5.26. The molecular formula is C31H24Cl2N8O3. The number of rotatable bonds is 8. The Kier molecular flexibility index (Phi) is 8.22. The van der Waals surface area contributed by atoms with Crippen molar-refractivity contribution < 1.29 is 9.53 Å². The second kappa shape index (κ2) is 12.5. The summed E-state index contributed by atoms with van der Waals surface area (Å²) < 4.78 is 7.79. The maximum absolute atomic E-state index is 13.8. The fraction of sp³-hybridized carbons (Fsp3) is 0.0968. The van der Waals surface area contributed by atoms with E-state index in [2.05, 4.69) is 30.6 Å². The lowest BCUT2D eigenvalue weighted by molar-refractivity contribution is 0.187. The topological polar surface area (TPSA) is 133 Å². The number of halogens is 2. The van der Waals surface area contributed by atoms with Gasteiger partial charge >= 0.3 is 6.09 Å². The molecule has 2 N–H and O–H groups in total. The lowest BCUT2D eigenvalue weighted by Crippen LogP contribution is -2.27. The average Bonchev–Trinajstić information content (AvgIpc) is 3.71. The van der Waals surface area contributed by atoms with Crippen LogP contribution in [0, 0.1) is 0 Å². The van der Waals surface area contributed by atoms with Crippen molar-refractivity contribution in [2.24, 2.45) is 0 Å². The lowest BCUT2D eigenvalue weighted by Gasteiger charge is -2.19. The van der Waals surface area contributed by atoms with Crippen LogP contribution in [0.4, 0.5) is 10.5 Å². The Bertz CT molecular complexity index is 1970. The van der Waals surface area contributed by atoms with Crippen LogP contribution in [0.5, 0.6) is 0 Å². The molecule has 0 aliphatic rings. The molecule has 0 aliphatic heterocycles. The summed E-state index contributed by atoms with van der Waals surface area (Å²) in [6, 6.07) is 25.0.